The van der Waals surface area contributed by atoms with Crippen LogP contribution >= 0.6 is 15.9 Å². The summed E-state index contributed by atoms with van der Waals surface area (Å²) in [7, 11) is 0. The van der Waals surface area contributed by atoms with Crippen molar-refractivity contribution in [2.24, 2.45) is 16.0 Å². The molecule has 1 amide bonds. The molecule has 2 atom stereocenters. The lowest BCUT2D eigenvalue weighted by Crippen LogP contribution is -2.50. The van der Waals surface area contributed by atoms with Gasteiger partial charge in [0.25, 0.3) is 5.91 Å². The minimum Gasteiger partial charge on any atom is -0.494 e. The molecule has 3 aromatic rings. The van der Waals surface area contributed by atoms with Crippen LogP contribution in [0.4, 0.5) is 0 Å². The van der Waals surface area contributed by atoms with Gasteiger partial charge in [-0.3, -0.25) is 4.79 Å². The molecular weight excluding hydrogens is 586 g/mol. The lowest BCUT2D eigenvalue weighted by Gasteiger charge is -2.32. The third-order valence-corrected chi connectivity index (χ3v) is 7.53. The SMILES string of the molecule is CC(C)CNC(=O)[C@]1(Cc2ccccc2Br)N=C(c2ccc(OCCCO)cc2)O[C@@H]1c1ccccc1CN=[N+]=[N-]. The third kappa shape index (κ3) is 7.27. The number of carbonyl (C=O) groups excluding carboxylic acids is 1. The Morgan fingerprint density at radius 3 is 2.54 bits per heavy atom. The number of ether oxygens (including phenoxy) is 2. The zero-order valence-electron chi connectivity index (χ0n) is 23.2. The fourth-order valence-corrected chi connectivity index (χ4v) is 5.11. The zero-order valence-corrected chi connectivity index (χ0v) is 24.8. The van der Waals surface area contributed by atoms with E-state index in [-0.39, 0.29) is 31.4 Å². The molecule has 4 rings (SSSR count). The fraction of sp³-hybridized carbons (Fsp3) is 0.355. The first kappa shape index (κ1) is 30.1. The number of nitrogens with one attached hydrogen (secondary N) is 1. The third-order valence-electron chi connectivity index (χ3n) is 6.76. The number of rotatable bonds is 13. The van der Waals surface area contributed by atoms with Gasteiger partial charge in [0.05, 0.1) is 13.2 Å². The maximum absolute atomic E-state index is 14.2. The number of carbonyl (C=O) groups is 1. The maximum Gasteiger partial charge on any atom is 0.252 e. The van der Waals surface area contributed by atoms with Gasteiger partial charge in [-0.15, -0.1) is 0 Å². The summed E-state index contributed by atoms with van der Waals surface area (Å²) < 4.78 is 13.2. The second-order valence-corrected chi connectivity index (χ2v) is 11.1. The van der Waals surface area contributed by atoms with E-state index in [0.717, 1.165) is 21.2 Å². The normalized spacial score (nSPS) is 17.9. The Hall–Kier alpha value is -3.85. The van der Waals surface area contributed by atoms with Crippen LogP contribution in [0.5, 0.6) is 5.75 Å². The van der Waals surface area contributed by atoms with E-state index in [1.54, 1.807) is 0 Å². The Kier molecular flexibility index (Phi) is 10.4. The van der Waals surface area contributed by atoms with Crippen LogP contribution in [0.1, 0.15) is 48.6 Å². The van der Waals surface area contributed by atoms with Crippen LogP contribution in [-0.2, 0) is 22.5 Å². The number of nitrogens with zero attached hydrogens (tertiary/aromatic N) is 4. The Balaban J connectivity index is 1.84. The topological polar surface area (TPSA) is 129 Å². The highest BCUT2D eigenvalue weighted by molar-refractivity contribution is 9.10. The fourth-order valence-electron chi connectivity index (χ4n) is 4.68. The summed E-state index contributed by atoms with van der Waals surface area (Å²) in [6.07, 6.45) is 0.0183. The van der Waals surface area contributed by atoms with E-state index in [0.29, 0.717) is 36.8 Å². The van der Waals surface area contributed by atoms with Crippen molar-refractivity contribution < 1.29 is 19.4 Å². The van der Waals surface area contributed by atoms with Crippen molar-refractivity contribution in [1.82, 2.24) is 5.32 Å². The van der Waals surface area contributed by atoms with Gasteiger partial charge in [-0.25, -0.2) is 4.99 Å². The standard InChI is InChI=1S/C31H34BrN5O4/c1-21(2)19-34-30(39)31(18-23-8-4-6-11-27(23)32)28(26-10-5-3-9-24(26)20-35-37-33)41-29(36-31)22-12-14-25(15-13-22)40-17-7-16-38/h3-6,8-15,21,28,38H,7,16-20H2,1-2H3,(H,34,39)/t28-,31-/m1/s1. The number of benzene rings is 3. The van der Waals surface area contributed by atoms with Crippen LogP contribution in [0.3, 0.4) is 0 Å². The van der Waals surface area contributed by atoms with Crippen LogP contribution in [0.15, 0.2) is 87.4 Å². The molecule has 0 fully saturated rings. The van der Waals surface area contributed by atoms with E-state index < -0.39 is 11.6 Å². The average molecular weight is 621 g/mol. The van der Waals surface area contributed by atoms with Crippen molar-refractivity contribution in [2.45, 2.75) is 44.9 Å². The largest absolute Gasteiger partial charge is 0.494 e. The van der Waals surface area contributed by atoms with Gasteiger partial charge in [-0.1, -0.05) is 77.4 Å². The van der Waals surface area contributed by atoms with Gasteiger partial charge in [0.1, 0.15) is 5.75 Å². The van der Waals surface area contributed by atoms with Crippen LogP contribution in [0.25, 0.3) is 10.4 Å². The molecule has 0 saturated carbocycles. The molecule has 1 aliphatic heterocycles. The van der Waals surface area contributed by atoms with E-state index in [1.165, 1.54) is 0 Å². The van der Waals surface area contributed by atoms with Crippen molar-refractivity contribution in [3.63, 3.8) is 0 Å². The molecule has 41 heavy (non-hydrogen) atoms. The Morgan fingerprint density at radius 1 is 1.15 bits per heavy atom. The minimum absolute atomic E-state index is 0.0593. The second-order valence-electron chi connectivity index (χ2n) is 10.2. The first-order valence-electron chi connectivity index (χ1n) is 13.6. The van der Waals surface area contributed by atoms with Crippen molar-refractivity contribution in [1.29, 1.82) is 0 Å². The summed E-state index contributed by atoms with van der Waals surface area (Å²) in [4.78, 5) is 22.3. The number of aliphatic hydroxyl groups is 1. The molecule has 0 unspecified atom stereocenters. The Morgan fingerprint density at radius 2 is 1.85 bits per heavy atom. The highest BCUT2D eigenvalue weighted by Gasteiger charge is 2.54. The molecular formula is C31H34BrN5O4. The van der Waals surface area contributed by atoms with E-state index in [4.69, 9.17) is 25.1 Å². The monoisotopic (exact) mass is 619 g/mol. The lowest BCUT2D eigenvalue weighted by molar-refractivity contribution is -0.129. The van der Waals surface area contributed by atoms with Crippen molar-refractivity contribution >= 4 is 27.7 Å². The molecule has 3 aromatic carbocycles. The lowest BCUT2D eigenvalue weighted by atomic mass is 9.80. The molecule has 0 radical (unpaired) electrons. The molecule has 214 valence electrons. The smallest absolute Gasteiger partial charge is 0.252 e. The number of halogens is 1. The molecule has 0 aliphatic carbocycles. The number of azide groups is 1. The number of aliphatic hydroxyl groups excluding tert-OH is 1. The summed E-state index contributed by atoms with van der Waals surface area (Å²) in [6.45, 7) is 5.13. The number of amides is 1. The van der Waals surface area contributed by atoms with Crippen LogP contribution in [0.2, 0.25) is 0 Å². The molecule has 9 nitrogen and oxygen atoms in total. The Labute approximate surface area is 248 Å². The highest BCUT2D eigenvalue weighted by Crippen LogP contribution is 2.44. The quantitative estimate of drug-likeness (QED) is 0.101. The molecule has 1 heterocycles. The van der Waals surface area contributed by atoms with E-state index in [1.807, 2.05) is 86.6 Å². The van der Waals surface area contributed by atoms with E-state index in [2.05, 4.69) is 31.3 Å². The van der Waals surface area contributed by atoms with Crippen molar-refractivity contribution in [3.05, 3.63) is 110 Å². The first-order valence-corrected chi connectivity index (χ1v) is 14.4. The Bertz CT molecular complexity index is 1420. The van der Waals surface area contributed by atoms with Gasteiger partial charge in [0, 0.05) is 40.9 Å². The van der Waals surface area contributed by atoms with Gasteiger partial charge < -0.3 is 19.9 Å². The zero-order chi connectivity index (χ0) is 29.2. The summed E-state index contributed by atoms with van der Waals surface area (Å²) in [5.41, 5.74) is 10.8. The van der Waals surface area contributed by atoms with Gasteiger partial charge >= 0.3 is 0 Å². The van der Waals surface area contributed by atoms with Gasteiger partial charge in [0.15, 0.2) is 11.6 Å². The van der Waals surface area contributed by atoms with Crippen LogP contribution < -0.4 is 10.1 Å². The summed E-state index contributed by atoms with van der Waals surface area (Å²) in [6, 6.07) is 22.6. The van der Waals surface area contributed by atoms with Crippen LogP contribution in [-0.4, -0.2) is 42.2 Å². The summed E-state index contributed by atoms with van der Waals surface area (Å²) in [5, 5.41) is 15.9. The molecule has 0 bridgehead atoms. The van der Waals surface area contributed by atoms with Gasteiger partial charge in [-0.2, -0.15) is 0 Å². The van der Waals surface area contributed by atoms with Gasteiger partial charge in [0.2, 0.25) is 5.90 Å². The predicted octanol–water partition coefficient (Wildman–Crippen LogP) is 6.29. The first-order chi connectivity index (χ1) is 19.9. The van der Waals surface area contributed by atoms with Gasteiger partial charge in [-0.05, 0) is 58.5 Å². The molecule has 2 N–H and O–H groups in total. The second kappa shape index (κ2) is 14.2. The predicted molar refractivity (Wildman–Crippen MR) is 162 cm³/mol. The molecule has 1 aliphatic rings. The molecule has 0 saturated heterocycles. The number of aliphatic imine (C=N–C) groups is 1. The van der Waals surface area contributed by atoms with Crippen LogP contribution in [0, 0.1) is 5.92 Å². The maximum atomic E-state index is 14.2. The van der Waals surface area contributed by atoms with Crippen molar-refractivity contribution in [3.8, 4) is 5.75 Å². The summed E-state index contributed by atoms with van der Waals surface area (Å²) in [5.74, 6) is 0.984. The molecule has 0 spiro atoms. The summed E-state index contributed by atoms with van der Waals surface area (Å²) >= 11 is 3.65. The minimum atomic E-state index is -1.35. The van der Waals surface area contributed by atoms with E-state index >= 15 is 0 Å². The molecule has 10 heteroatoms. The van der Waals surface area contributed by atoms with E-state index in [9.17, 15) is 4.79 Å². The molecule has 0 aromatic heterocycles. The number of hydrogen-bond acceptors (Lipinski definition) is 6. The number of hydrogen-bond donors (Lipinski definition) is 2. The van der Waals surface area contributed by atoms with Crippen molar-refractivity contribution in [2.75, 3.05) is 19.8 Å². The highest BCUT2D eigenvalue weighted by atomic mass is 79.9. The average Bonchev–Trinajstić information content (AvgIpc) is 3.37.